The van der Waals surface area contributed by atoms with E-state index in [-0.39, 0.29) is 23.5 Å². The number of carbonyl (C=O) groups excluding carboxylic acids is 1. The van der Waals surface area contributed by atoms with E-state index in [1.807, 2.05) is 34.6 Å². The Hall–Kier alpha value is -0.750. The molecule has 0 aromatic heterocycles. The van der Waals surface area contributed by atoms with E-state index in [4.69, 9.17) is 19.1 Å². The van der Waals surface area contributed by atoms with Crippen LogP contribution in [0.1, 0.15) is 73.1 Å². The number of rotatable bonds is 18. The first-order valence-electron chi connectivity index (χ1n) is 10.6. The molecule has 29 heavy (non-hydrogen) atoms. The number of ether oxygens (including phenoxy) is 2. The van der Waals surface area contributed by atoms with Crippen molar-refractivity contribution in [2.24, 2.45) is 0 Å². The fourth-order valence-corrected chi connectivity index (χ4v) is 3.56. The lowest BCUT2D eigenvalue weighted by atomic mass is 10.0. The van der Waals surface area contributed by atoms with Crippen molar-refractivity contribution in [3.05, 3.63) is 0 Å². The van der Waals surface area contributed by atoms with Gasteiger partial charge in [0.2, 0.25) is 5.91 Å². The van der Waals surface area contributed by atoms with Gasteiger partial charge in [-0.2, -0.15) is 0 Å². The van der Waals surface area contributed by atoms with E-state index >= 15 is 0 Å². The van der Waals surface area contributed by atoms with E-state index in [9.17, 15) is 9.59 Å². The van der Waals surface area contributed by atoms with Crippen LogP contribution in [-0.4, -0.2) is 67.4 Å². The Morgan fingerprint density at radius 1 is 0.966 bits per heavy atom. The molecular formula is C21H42NO6P. The molecule has 0 radical (unpaired) electrons. The fourth-order valence-electron chi connectivity index (χ4n) is 2.60. The van der Waals surface area contributed by atoms with Crippen molar-refractivity contribution >= 4 is 20.0 Å². The molecule has 0 heterocycles. The van der Waals surface area contributed by atoms with E-state index in [1.165, 1.54) is 0 Å². The van der Waals surface area contributed by atoms with Crippen LogP contribution in [0.25, 0.3) is 0 Å². The molecule has 0 aromatic carbocycles. The van der Waals surface area contributed by atoms with Crippen molar-refractivity contribution in [1.82, 2.24) is 5.32 Å². The molecule has 0 rings (SSSR count). The summed E-state index contributed by atoms with van der Waals surface area (Å²) >= 11 is 0. The Morgan fingerprint density at radius 3 is 2.10 bits per heavy atom. The SMILES string of the molecule is CCC(=O)NCCP(C)OCCC(C)(C)OCCOC(C)(C)CCCCC(=O)O. The minimum atomic E-state index is -0.748. The summed E-state index contributed by atoms with van der Waals surface area (Å²) in [6, 6.07) is 0. The second-order valence-electron chi connectivity index (χ2n) is 8.46. The zero-order chi connectivity index (χ0) is 22.3. The van der Waals surface area contributed by atoms with Gasteiger partial charge in [-0.15, -0.1) is 0 Å². The maximum atomic E-state index is 11.2. The van der Waals surface area contributed by atoms with E-state index in [0.717, 1.165) is 25.4 Å². The smallest absolute Gasteiger partial charge is 0.303 e. The molecule has 1 amide bonds. The normalized spacial score (nSPS) is 13.3. The largest absolute Gasteiger partial charge is 0.481 e. The summed E-state index contributed by atoms with van der Waals surface area (Å²) in [5.41, 5.74) is -0.568. The highest BCUT2D eigenvalue weighted by molar-refractivity contribution is 7.51. The van der Waals surface area contributed by atoms with Gasteiger partial charge in [0.1, 0.15) is 0 Å². The molecule has 0 aromatic rings. The van der Waals surface area contributed by atoms with E-state index in [1.54, 1.807) is 0 Å². The van der Waals surface area contributed by atoms with E-state index < -0.39 is 14.1 Å². The molecule has 172 valence electrons. The summed E-state index contributed by atoms with van der Waals surface area (Å²) in [7, 11) is -0.544. The van der Waals surface area contributed by atoms with Gasteiger partial charge in [-0.05, 0) is 53.6 Å². The number of carboxylic acid groups (broad SMARTS) is 1. The lowest BCUT2D eigenvalue weighted by molar-refractivity contribution is -0.137. The van der Waals surface area contributed by atoms with E-state index in [0.29, 0.717) is 39.2 Å². The third-order valence-electron chi connectivity index (χ3n) is 4.57. The molecule has 0 spiro atoms. The van der Waals surface area contributed by atoms with Crippen molar-refractivity contribution in [3.8, 4) is 0 Å². The molecule has 1 atom stereocenters. The topological polar surface area (TPSA) is 94.1 Å². The van der Waals surface area contributed by atoms with Gasteiger partial charge in [-0.1, -0.05) is 13.3 Å². The van der Waals surface area contributed by atoms with Gasteiger partial charge < -0.3 is 24.4 Å². The summed E-state index contributed by atoms with van der Waals surface area (Å²) in [6.07, 6.45) is 4.72. The summed E-state index contributed by atoms with van der Waals surface area (Å²) in [5, 5.41) is 11.6. The molecule has 0 fully saturated rings. The molecule has 0 aliphatic heterocycles. The zero-order valence-electron chi connectivity index (χ0n) is 19.2. The number of carbonyl (C=O) groups is 2. The number of hydrogen-bond acceptors (Lipinski definition) is 5. The number of amides is 1. The average molecular weight is 436 g/mol. The second-order valence-corrected chi connectivity index (χ2v) is 10.4. The monoisotopic (exact) mass is 435 g/mol. The summed E-state index contributed by atoms with van der Waals surface area (Å²) in [5.74, 6) is -0.671. The van der Waals surface area contributed by atoms with Crippen LogP contribution in [0.15, 0.2) is 0 Å². The molecule has 0 aliphatic rings. The highest BCUT2D eigenvalue weighted by Crippen LogP contribution is 2.32. The summed E-state index contributed by atoms with van der Waals surface area (Å²) in [6.45, 7) is 14.4. The maximum Gasteiger partial charge on any atom is 0.303 e. The number of hydrogen-bond donors (Lipinski definition) is 2. The fraction of sp³-hybridized carbons (Fsp3) is 0.905. The number of nitrogens with one attached hydrogen (secondary N) is 1. The quantitative estimate of drug-likeness (QED) is 0.248. The molecule has 0 saturated heterocycles. The first-order chi connectivity index (χ1) is 13.5. The Kier molecular flexibility index (Phi) is 14.7. The van der Waals surface area contributed by atoms with Crippen LogP contribution >= 0.6 is 8.15 Å². The molecule has 0 aliphatic carbocycles. The highest BCUT2D eigenvalue weighted by Gasteiger charge is 2.21. The van der Waals surface area contributed by atoms with Gasteiger partial charge in [-0.25, -0.2) is 0 Å². The van der Waals surface area contributed by atoms with Crippen molar-refractivity contribution in [1.29, 1.82) is 0 Å². The van der Waals surface area contributed by atoms with E-state index in [2.05, 4.69) is 12.0 Å². The lowest BCUT2D eigenvalue weighted by Crippen LogP contribution is -2.31. The van der Waals surface area contributed by atoms with Crippen LogP contribution < -0.4 is 5.32 Å². The van der Waals surface area contributed by atoms with Gasteiger partial charge in [0, 0.05) is 33.7 Å². The van der Waals surface area contributed by atoms with Crippen LogP contribution in [0.4, 0.5) is 0 Å². The maximum absolute atomic E-state index is 11.2. The first-order valence-corrected chi connectivity index (χ1v) is 12.5. The van der Waals surface area contributed by atoms with Crippen LogP contribution in [0.5, 0.6) is 0 Å². The average Bonchev–Trinajstić information content (AvgIpc) is 2.62. The zero-order valence-corrected chi connectivity index (χ0v) is 20.1. The standard InChI is InChI=1S/C21H42NO6P/c1-7-18(23)22-13-17-29(6)28-14-12-21(4,5)27-16-15-26-20(2,3)11-9-8-10-19(24)25/h7-17H2,1-6H3,(H,22,23)(H,24,25). The second kappa shape index (κ2) is 15.1. The molecule has 2 N–H and O–H groups in total. The number of unbranched alkanes of at least 4 members (excludes halogenated alkanes) is 1. The molecule has 8 heteroatoms. The molecule has 7 nitrogen and oxygen atoms in total. The minimum absolute atomic E-state index is 0.0774. The summed E-state index contributed by atoms with van der Waals surface area (Å²) < 4.78 is 17.8. The first kappa shape index (κ1) is 28.2. The van der Waals surface area contributed by atoms with Crippen LogP contribution in [0.2, 0.25) is 0 Å². The van der Waals surface area contributed by atoms with Gasteiger partial charge in [0.15, 0.2) is 0 Å². The predicted molar refractivity (Wildman–Crippen MR) is 118 cm³/mol. The van der Waals surface area contributed by atoms with Crippen LogP contribution in [0, 0.1) is 0 Å². The number of carboxylic acids is 1. The predicted octanol–water partition coefficient (Wildman–Crippen LogP) is 4.18. The van der Waals surface area contributed by atoms with Crippen LogP contribution in [0.3, 0.4) is 0 Å². The lowest BCUT2D eigenvalue weighted by Gasteiger charge is -2.29. The Balaban J connectivity index is 3.86. The molecule has 0 bridgehead atoms. The van der Waals surface area contributed by atoms with Gasteiger partial charge >= 0.3 is 5.97 Å². The third-order valence-corrected chi connectivity index (χ3v) is 6.05. The number of aliphatic carboxylic acids is 1. The van der Waals surface area contributed by atoms with Crippen molar-refractivity contribution < 1.29 is 28.7 Å². The van der Waals surface area contributed by atoms with Gasteiger partial charge in [0.25, 0.3) is 0 Å². The van der Waals surface area contributed by atoms with Crippen molar-refractivity contribution in [3.63, 3.8) is 0 Å². The minimum Gasteiger partial charge on any atom is -0.481 e. The summed E-state index contributed by atoms with van der Waals surface area (Å²) in [4.78, 5) is 21.8. The van der Waals surface area contributed by atoms with Crippen LogP contribution in [-0.2, 0) is 23.6 Å². The van der Waals surface area contributed by atoms with Crippen molar-refractivity contribution in [2.45, 2.75) is 84.3 Å². The Morgan fingerprint density at radius 2 is 1.55 bits per heavy atom. The van der Waals surface area contributed by atoms with Gasteiger partial charge in [-0.3, -0.25) is 9.59 Å². The molecule has 0 saturated carbocycles. The van der Waals surface area contributed by atoms with Gasteiger partial charge in [0.05, 0.1) is 31.0 Å². The Bertz CT molecular complexity index is 470. The molecule has 1 unspecified atom stereocenters. The van der Waals surface area contributed by atoms with Crippen molar-refractivity contribution in [2.75, 3.05) is 39.2 Å². The third kappa shape index (κ3) is 17.8. The Labute approximate surface area is 178 Å². The highest BCUT2D eigenvalue weighted by atomic mass is 31.1. The molecular weight excluding hydrogens is 393 g/mol.